The monoisotopic (exact) mass is 348 g/mol. The van der Waals surface area contributed by atoms with E-state index in [1.165, 1.54) is 6.92 Å². The summed E-state index contributed by atoms with van der Waals surface area (Å²) in [4.78, 5) is 24.3. The lowest BCUT2D eigenvalue weighted by atomic mass is 9.44. The first kappa shape index (κ1) is 16.3. The molecule has 1 spiro atoms. The van der Waals surface area contributed by atoms with Gasteiger partial charge in [-0.15, -0.1) is 0 Å². The Balaban J connectivity index is 1.60. The van der Waals surface area contributed by atoms with Gasteiger partial charge in [0.2, 0.25) is 0 Å². The van der Waals surface area contributed by atoms with E-state index in [2.05, 4.69) is 13.8 Å². The van der Waals surface area contributed by atoms with E-state index in [0.29, 0.717) is 37.4 Å². The molecule has 0 radical (unpaired) electrons. The minimum Gasteiger partial charge on any atom is -0.462 e. The molecule has 0 heterocycles. The zero-order valence-corrected chi connectivity index (χ0v) is 15.6. The number of carbonyl (C=O) groups excluding carboxylic acids is 2. The van der Waals surface area contributed by atoms with Crippen molar-refractivity contribution in [2.75, 3.05) is 0 Å². The summed E-state index contributed by atoms with van der Waals surface area (Å²) in [6.07, 6.45) is 6.05. The Kier molecular flexibility index (Phi) is 2.92. The molecule has 138 valence electrons. The van der Waals surface area contributed by atoms with Crippen LogP contribution in [0.25, 0.3) is 0 Å². The molecule has 5 saturated carbocycles. The molecule has 4 heteroatoms. The molecular formula is C21H29FO3. The summed E-state index contributed by atoms with van der Waals surface area (Å²) >= 11 is 0. The van der Waals surface area contributed by atoms with Gasteiger partial charge in [0.1, 0.15) is 17.6 Å². The maximum Gasteiger partial charge on any atom is 0.302 e. The first-order valence-electron chi connectivity index (χ1n) is 10.1. The Morgan fingerprint density at radius 1 is 1.16 bits per heavy atom. The van der Waals surface area contributed by atoms with Crippen molar-refractivity contribution in [2.45, 2.75) is 83.9 Å². The summed E-state index contributed by atoms with van der Waals surface area (Å²) in [5, 5.41) is 0. The SMILES string of the molecule is CC(=O)O[C@@H]1C[C@H]2[C@@H]3CCC(=O)[C@@]3(C)CC[C@]2(F)[C@@]2(C)CC[C@H]3C[C@]312. The van der Waals surface area contributed by atoms with E-state index in [-0.39, 0.29) is 34.7 Å². The molecule has 5 rings (SSSR count). The summed E-state index contributed by atoms with van der Waals surface area (Å²) in [6.45, 7) is 5.68. The molecule has 0 N–H and O–H groups in total. The van der Waals surface area contributed by atoms with Crippen LogP contribution < -0.4 is 0 Å². The van der Waals surface area contributed by atoms with Gasteiger partial charge in [-0.1, -0.05) is 13.8 Å². The van der Waals surface area contributed by atoms with E-state index in [4.69, 9.17) is 4.74 Å². The van der Waals surface area contributed by atoms with Gasteiger partial charge in [0, 0.05) is 35.5 Å². The second-order valence-corrected chi connectivity index (χ2v) is 10.1. The van der Waals surface area contributed by atoms with Gasteiger partial charge in [0.15, 0.2) is 0 Å². The van der Waals surface area contributed by atoms with Crippen molar-refractivity contribution in [3.05, 3.63) is 0 Å². The first-order valence-corrected chi connectivity index (χ1v) is 10.1. The maximum absolute atomic E-state index is 16.8. The fraction of sp³-hybridized carbons (Fsp3) is 0.905. The third-order valence-corrected chi connectivity index (χ3v) is 9.66. The van der Waals surface area contributed by atoms with Crippen LogP contribution in [0.1, 0.15) is 72.1 Å². The predicted octanol–water partition coefficient (Wildman–Crippen LogP) is 4.23. The molecule has 0 amide bonds. The van der Waals surface area contributed by atoms with E-state index in [0.717, 1.165) is 25.7 Å². The van der Waals surface area contributed by atoms with Crippen LogP contribution in [0.3, 0.4) is 0 Å². The number of ketones is 1. The highest BCUT2D eigenvalue weighted by molar-refractivity contribution is 5.87. The molecule has 25 heavy (non-hydrogen) atoms. The molecule has 0 unspecified atom stereocenters. The molecule has 0 bridgehead atoms. The fourth-order valence-corrected chi connectivity index (χ4v) is 8.27. The minimum atomic E-state index is -1.20. The number of hydrogen-bond acceptors (Lipinski definition) is 3. The first-order chi connectivity index (χ1) is 11.7. The maximum atomic E-state index is 16.8. The van der Waals surface area contributed by atoms with Crippen molar-refractivity contribution in [1.82, 2.24) is 0 Å². The summed E-state index contributed by atoms with van der Waals surface area (Å²) < 4.78 is 22.6. The molecular weight excluding hydrogens is 319 g/mol. The molecule has 5 aliphatic rings. The van der Waals surface area contributed by atoms with E-state index < -0.39 is 11.1 Å². The molecule has 0 saturated heterocycles. The summed E-state index contributed by atoms with van der Waals surface area (Å²) in [5.74, 6) is 0.575. The lowest BCUT2D eigenvalue weighted by Crippen LogP contribution is -2.65. The quantitative estimate of drug-likeness (QED) is 0.666. The van der Waals surface area contributed by atoms with Gasteiger partial charge in [-0.05, 0) is 56.8 Å². The lowest BCUT2D eigenvalue weighted by Gasteiger charge is -2.62. The number of hydrogen-bond donors (Lipinski definition) is 0. The third-order valence-electron chi connectivity index (χ3n) is 9.66. The summed E-state index contributed by atoms with van der Waals surface area (Å²) in [5.41, 5.74) is -2.10. The third kappa shape index (κ3) is 1.60. The number of rotatable bonds is 1. The van der Waals surface area contributed by atoms with E-state index in [9.17, 15) is 9.59 Å². The number of esters is 1. The molecule has 5 fully saturated rings. The van der Waals surface area contributed by atoms with Crippen molar-refractivity contribution >= 4 is 11.8 Å². The number of carbonyl (C=O) groups is 2. The number of Topliss-reactive ketones (excluding diaryl/α,β-unsaturated/α-hetero) is 1. The van der Waals surface area contributed by atoms with Gasteiger partial charge in [0.05, 0.1) is 0 Å². The summed E-state index contributed by atoms with van der Waals surface area (Å²) in [7, 11) is 0. The zero-order chi connectivity index (χ0) is 17.8. The van der Waals surface area contributed by atoms with Crippen molar-refractivity contribution in [2.24, 2.45) is 34.0 Å². The van der Waals surface area contributed by atoms with Crippen molar-refractivity contribution in [1.29, 1.82) is 0 Å². The van der Waals surface area contributed by atoms with Crippen LogP contribution in [0, 0.1) is 34.0 Å². The Labute approximate surface area is 149 Å². The van der Waals surface area contributed by atoms with Gasteiger partial charge in [0.25, 0.3) is 0 Å². The number of halogens is 1. The molecule has 0 aromatic carbocycles. The lowest BCUT2D eigenvalue weighted by molar-refractivity contribution is -0.222. The van der Waals surface area contributed by atoms with Crippen molar-refractivity contribution in [3.8, 4) is 0 Å². The highest BCUT2D eigenvalue weighted by Gasteiger charge is 2.83. The van der Waals surface area contributed by atoms with Crippen LogP contribution in [-0.2, 0) is 14.3 Å². The number of fused-ring (bicyclic) bond motifs is 4. The zero-order valence-electron chi connectivity index (χ0n) is 15.6. The minimum absolute atomic E-state index is 0.115. The smallest absolute Gasteiger partial charge is 0.302 e. The summed E-state index contributed by atoms with van der Waals surface area (Å²) in [6, 6.07) is 0. The van der Waals surface area contributed by atoms with Crippen molar-refractivity contribution in [3.63, 3.8) is 0 Å². The Morgan fingerprint density at radius 2 is 1.92 bits per heavy atom. The van der Waals surface area contributed by atoms with Gasteiger partial charge in [-0.3, -0.25) is 9.59 Å². The van der Waals surface area contributed by atoms with E-state index in [1.807, 2.05) is 0 Å². The number of alkyl halides is 1. The van der Waals surface area contributed by atoms with E-state index in [1.54, 1.807) is 0 Å². The average Bonchev–Trinajstić information content (AvgIpc) is 3.11. The topological polar surface area (TPSA) is 43.4 Å². The Morgan fingerprint density at radius 3 is 2.60 bits per heavy atom. The highest BCUT2D eigenvalue weighted by atomic mass is 19.1. The van der Waals surface area contributed by atoms with Gasteiger partial charge in [-0.25, -0.2) is 4.39 Å². The van der Waals surface area contributed by atoms with Crippen LogP contribution in [-0.4, -0.2) is 23.5 Å². The molecule has 0 aliphatic heterocycles. The molecule has 3 nitrogen and oxygen atoms in total. The molecule has 5 aliphatic carbocycles. The van der Waals surface area contributed by atoms with Crippen LogP contribution in [0.15, 0.2) is 0 Å². The van der Waals surface area contributed by atoms with Crippen LogP contribution in [0.2, 0.25) is 0 Å². The van der Waals surface area contributed by atoms with Crippen LogP contribution in [0.5, 0.6) is 0 Å². The Hall–Kier alpha value is -0.930. The van der Waals surface area contributed by atoms with E-state index >= 15 is 4.39 Å². The second kappa shape index (κ2) is 4.48. The van der Waals surface area contributed by atoms with Gasteiger partial charge in [-0.2, -0.15) is 0 Å². The molecule has 0 aromatic heterocycles. The van der Waals surface area contributed by atoms with Crippen LogP contribution >= 0.6 is 0 Å². The Bertz CT molecular complexity index is 676. The molecule has 0 aromatic rings. The largest absolute Gasteiger partial charge is 0.462 e. The van der Waals surface area contributed by atoms with Crippen LogP contribution in [0.4, 0.5) is 4.39 Å². The number of ether oxygens (including phenoxy) is 1. The van der Waals surface area contributed by atoms with Gasteiger partial charge >= 0.3 is 5.97 Å². The standard InChI is InChI=1S/C21H29FO3/c1-12(23)25-17-10-15-14-4-5-16(24)18(14,2)8-9-21(15,22)19(3)7-6-13-11-20(13,17)19/h13-15,17H,4-11H2,1-3H3/t13-,14-,15-,17+,18-,19-,20-,21+/m0/s1. The predicted molar refractivity (Wildman–Crippen MR) is 90.5 cm³/mol. The highest BCUT2D eigenvalue weighted by Crippen LogP contribution is 2.83. The van der Waals surface area contributed by atoms with Crippen molar-refractivity contribution < 1.29 is 18.7 Å². The second-order valence-electron chi connectivity index (χ2n) is 10.1. The normalized spacial score (nSPS) is 58.8. The molecule has 8 atom stereocenters. The fourth-order valence-electron chi connectivity index (χ4n) is 8.27. The average molecular weight is 348 g/mol. The van der Waals surface area contributed by atoms with Gasteiger partial charge < -0.3 is 4.74 Å².